The molecule has 3 aromatic rings. The van der Waals surface area contributed by atoms with Crippen LogP contribution in [0.2, 0.25) is 0 Å². The zero-order valence-corrected chi connectivity index (χ0v) is 16.4. The van der Waals surface area contributed by atoms with Gasteiger partial charge < -0.3 is 10.2 Å². The van der Waals surface area contributed by atoms with Gasteiger partial charge in [-0.1, -0.05) is 12.1 Å². The van der Waals surface area contributed by atoms with Gasteiger partial charge in [-0.3, -0.25) is 14.4 Å². The van der Waals surface area contributed by atoms with Crippen molar-refractivity contribution in [2.24, 2.45) is 5.92 Å². The number of Topliss-reactive ketones (excluding diaryl/α,β-unsaturated/α-hetero) is 1. The van der Waals surface area contributed by atoms with Gasteiger partial charge in [-0.15, -0.1) is 11.3 Å². The van der Waals surface area contributed by atoms with E-state index in [1.165, 1.54) is 6.92 Å². The van der Waals surface area contributed by atoms with E-state index < -0.39 is 5.92 Å². The van der Waals surface area contributed by atoms with Crippen LogP contribution in [0, 0.1) is 12.8 Å². The number of nitrogens with zero attached hydrogens (tertiary/aromatic N) is 2. The number of benzene rings is 2. The number of amides is 2. The highest BCUT2D eigenvalue weighted by Crippen LogP contribution is 2.30. The predicted molar refractivity (Wildman–Crippen MR) is 110 cm³/mol. The number of rotatable bonds is 4. The molecule has 2 amide bonds. The number of nitrogens with one attached hydrogen (secondary N) is 1. The maximum Gasteiger partial charge on any atom is 0.229 e. The lowest BCUT2D eigenvalue weighted by Crippen LogP contribution is -2.28. The van der Waals surface area contributed by atoms with Crippen molar-refractivity contribution in [3.05, 3.63) is 53.0 Å². The molecule has 6 nitrogen and oxygen atoms in total. The summed E-state index contributed by atoms with van der Waals surface area (Å²) >= 11 is 1.61. The maximum absolute atomic E-state index is 12.7. The third-order valence-corrected chi connectivity index (χ3v) is 5.80. The number of carbonyl (C=O) groups excluding carboxylic acids is 3. The largest absolute Gasteiger partial charge is 0.325 e. The number of thiazole rings is 1. The van der Waals surface area contributed by atoms with Crippen LogP contribution < -0.4 is 10.2 Å². The van der Waals surface area contributed by atoms with Gasteiger partial charge in [0.1, 0.15) is 0 Å². The van der Waals surface area contributed by atoms with Gasteiger partial charge in [-0.25, -0.2) is 4.98 Å². The van der Waals surface area contributed by atoms with Crippen molar-refractivity contribution < 1.29 is 14.4 Å². The standard InChI is InChI=1S/C21H19N3O3S/c1-12(25)16-5-3-4-6-17(16)23-21(27)14-9-20(26)24(11-14)15-7-8-19-18(10-15)22-13(2)28-19/h3-8,10,14H,9,11H2,1-2H3,(H,23,27). The SMILES string of the molecule is CC(=O)c1ccccc1NC(=O)C1CC(=O)N(c2ccc3sc(C)nc3c2)C1. The highest BCUT2D eigenvalue weighted by Gasteiger charge is 2.35. The Morgan fingerprint density at radius 2 is 2.00 bits per heavy atom. The average molecular weight is 393 g/mol. The lowest BCUT2D eigenvalue weighted by atomic mass is 10.1. The van der Waals surface area contributed by atoms with Crippen LogP contribution in [-0.4, -0.2) is 29.1 Å². The first-order valence-corrected chi connectivity index (χ1v) is 9.82. The van der Waals surface area contributed by atoms with Crippen LogP contribution in [0.4, 0.5) is 11.4 Å². The molecule has 1 aromatic heterocycles. The number of aryl methyl sites for hydroxylation is 1. The molecule has 1 saturated heterocycles. The van der Waals surface area contributed by atoms with Crippen molar-refractivity contribution >= 4 is 50.5 Å². The summed E-state index contributed by atoms with van der Waals surface area (Å²) < 4.78 is 1.07. The monoisotopic (exact) mass is 393 g/mol. The molecule has 0 bridgehead atoms. The summed E-state index contributed by atoms with van der Waals surface area (Å²) in [6.07, 6.45) is 0.141. The molecule has 2 aromatic carbocycles. The Bertz CT molecular complexity index is 1110. The summed E-state index contributed by atoms with van der Waals surface area (Å²) in [6, 6.07) is 12.6. The first-order chi connectivity index (χ1) is 13.4. The summed E-state index contributed by atoms with van der Waals surface area (Å²) in [5.41, 5.74) is 2.55. The normalized spacial score (nSPS) is 16.6. The summed E-state index contributed by atoms with van der Waals surface area (Å²) in [6.45, 7) is 3.72. The fourth-order valence-electron chi connectivity index (χ4n) is 3.47. The summed E-state index contributed by atoms with van der Waals surface area (Å²) in [5.74, 6) is -0.936. The minimum Gasteiger partial charge on any atom is -0.325 e. The van der Waals surface area contributed by atoms with Gasteiger partial charge in [-0.05, 0) is 44.2 Å². The Balaban J connectivity index is 1.52. The van der Waals surface area contributed by atoms with Gasteiger partial charge in [0, 0.05) is 24.2 Å². The van der Waals surface area contributed by atoms with Crippen LogP contribution in [0.3, 0.4) is 0 Å². The van der Waals surface area contributed by atoms with Crippen molar-refractivity contribution in [3.8, 4) is 0 Å². The van der Waals surface area contributed by atoms with Gasteiger partial charge in [0.15, 0.2) is 5.78 Å². The lowest BCUT2D eigenvalue weighted by molar-refractivity contribution is -0.122. The number of hydrogen-bond acceptors (Lipinski definition) is 5. The van der Waals surface area contributed by atoms with Crippen LogP contribution >= 0.6 is 11.3 Å². The molecule has 142 valence electrons. The number of fused-ring (bicyclic) bond motifs is 1. The first-order valence-electron chi connectivity index (χ1n) is 9.01. The highest BCUT2D eigenvalue weighted by atomic mass is 32.1. The number of para-hydroxylation sites is 1. The van der Waals surface area contributed by atoms with E-state index in [4.69, 9.17) is 0 Å². The smallest absolute Gasteiger partial charge is 0.229 e. The molecule has 1 unspecified atom stereocenters. The van der Waals surface area contributed by atoms with Gasteiger partial charge in [0.25, 0.3) is 0 Å². The molecule has 1 aliphatic heterocycles. The quantitative estimate of drug-likeness (QED) is 0.684. The second kappa shape index (κ2) is 7.16. The van der Waals surface area contributed by atoms with Gasteiger partial charge in [0.2, 0.25) is 11.8 Å². The van der Waals surface area contributed by atoms with Crippen molar-refractivity contribution in [1.82, 2.24) is 4.98 Å². The Labute approximate surface area is 166 Å². The highest BCUT2D eigenvalue weighted by molar-refractivity contribution is 7.18. The third kappa shape index (κ3) is 3.41. The van der Waals surface area contributed by atoms with Crippen molar-refractivity contribution in [1.29, 1.82) is 0 Å². The molecule has 0 radical (unpaired) electrons. The van der Waals surface area contributed by atoms with Crippen LogP contribution in [0.25, 0.3) is 10.2 Å². The topological polar surface area (TPSA) is 79.4 Å². The number of anilines is 2. The Kier molecular flexibility index (Phi) is 4.68. The van der Waals surface area contributed by atoms with Crippen LogP contribution in [-0.2, 0) is 9.59 Å². The molecule has 1 aliphatic rings. The van der Waals surface area contributed by atoms with E-state index in [1.54, 1.807) is 40.5 Å². The fourth-order valence-corrected chi connectivity index (χ4v) is 4.27. The van der Waals surface area contributed by atoms with Crippen LogP contribution in [0.5, 0.6) is 0 Å². The Hall–Kier alpha value is -3.06. The Morgan fingerprint density at radius 3 is 2.79 bits per heavy atom. The second-order valence-electron chi connectivity index (χ2n) is 6.88. The molecule has 4 rings (SSSR count). The summed E-state index contributed by atoms with van der Waals surface area (Å²) in [5, 5.41) is 3.78. The van der Waals surface area contributed by atoms with Crippen LogP contribution in [0.1, 0.15) is 28.7 Å². The molecule has 0 spiro atoms. The van der Waals surface area contributed by atoms with E-state index in [2.05, 4.69) is 10.3 Å². The summed E-state index contributed by atoms with van der Waals surface area (Å²) in [7, 11) is 0. The lowest BCUT2D eigenvalue weighted by Gasteiger charge is -2.17. The van der Waals surface area contributed by atoms with E-state index in [1.807, 2.05) is 25.1 Å². The molecule has 7 heteroatoms. The Morgan fingerprint density at radius 1 is 1.21 bits per heavy atom. The van der Waals surface area contributed by atoms with E-state index in [-0.39, 0.29) is 24.0 Å². The zero-order valence-electron chi connectivity index (χ0n) is 15.6. The molecule has 1 N–H and O–H groups in total. The minimum atomic E-state index is -0.472. The average Bonchev–Trinajstić information content (AvgIpc) is 3.23. The van der Waals surface area contributed by atoms with Crippen molar-refractivity contribution in [2.75, 3.05) is 16.8 Å². The maximum atomic E-state index is 12.7. The molecule has 1 fully saturated rings. The first kappa shape index (κ1) is 18.3. The van der Waals surface area contributed by atoms with E-state index in [0.29, 0.717) is 17.8 Å². The van der Waals surface area contributed by atoms with Gasteiger partial charge >= 0.3 is 0 Å². The third-order valence-electron chi connectivity index (χ3n) is 4.85. The molecule has 1 atom stereocenters. The van der Waals surface area contributed by atoms with E-state index >= 15 is 0 Å². The predicted octanol–water partition coefficient (Wildman–Crippen LogP) is 3.80. The number of carbonyl (C=O) groups is 3. The molecule has 28 heavy (non-hydrogen) atoms. The summed E-state index contributed by atoms with van der Waals surface area (Å²) in [4.78, 5) is 43.1. The van der Waals surface area contributed by atoms with Crippen LogP contribution in [0.15, 0.2) is 42.5 Å². The molecule has 0 saturated carbocycles. The van der Waals surface area contributed by atoms with Crippen molar-refractivity contribution in [3.63, 3.8) is 0 Å². The second-order valence-corrected chi connectivity index (χ2v) is 8.12. The molecular formula is C21H19N3O3S. The number of hydrogen-bond donors (Lipinski definition) is 1. The number of aromatic nitrogens is 1. The molecule has 2 heterocycles. The van der Waals surface area contributed by atoms with Crippen molar-refractivity contribution in [2.45, 2.75) is 20.3 Å². The minimum absolute atomic E-state index is 0.0914. The van der Waals surface area contributed by atoms with E-state index in [9.17, 15) is 14.4 Å². The molecular weight excluding hydrogens is 374 g/mol. The number of ketones is 1. The molecule has 0 aliphatic carbocycles. The van der Waals surface area contributed by atoms with E-state index in [0.717, 1.165) is 20.9 Å². The zero-order chi connectivity index (χ0) is 19.8. The fraction of sp³-hybridized carbons (Fsp3) is 0.238. The van der Waals surface area contributed by atoms with Gasteiger partial charge in [0.05, 0.1) is 26.8 Å². The van der Waals surface area contributed by atoms with Gasteiger partial charge in [-0.2, -0.15) is 0 Å².